The number of hydrogen-bond acceptors (Lipinski definition) is 5. The highest BCUT2D eigenvalue weighted by molar-refractivity contribution is 5.27. The average molecular weight is 316 g/mol. The Balaban J connectivity index is 1.58. The molecule has 23 heavy (non-hydrogen) atoms. The van der Waals surface area contributed by atoms with E-state index in [0.29, 0.717) is 6.54 Å². The molecule has 1 unspecified atom stereocenters. The van der Waals surface area contributed by atoms with Gasteiger partial charge in [0.2, 0.25) is 0 Å². The van der Waals surface area contributed by atoms with Crippen LogP contribution in [0.25, 0.3) is 0 Å². The predicted molar refractivity (Wildman–Crippen MR) is 86.8 cm³/mol. The Hall–Kier alpha value is -1.92. The number of aliphatic hydroxyl groups excluding tert-OH is 1. The third-order valence-corrected chi connectivity index (χ3v) is 4.66. The van der Waals surface area contributed by atoms with E-state index in [1.165, 1.54) is 0 Å². The van der Waals surface area contributed by atoms with E-state index in [0.717, 1.165) is 43.1 Å². The van der Waals surface area contributed by atoms with Gasteiger partial charge < -0.3 is 14.8 Å². The maximum absolute atomic E-state index is 10.5. The van der Waals surface area contributed by atoms with Crippen LogP contribution in [0.3, 0.4) is 0 Å². The number of likely N-dealkylation sites (tertiary alicyclic amines) is 1. The minimum absolute atomic E-state index is 0.228. The van der Waals surface area contributed by atoms with Crippen molar-refractivity contribution in [1.82, 2.24) is 19.4 Å². The fraction of sp³-hybridized carbons (Fsp3) is 0.529. The first-order valence-electron chi connectivity index (χ1n) is 8.07. The minimum Gasteiger partial charge on any atom is -0.506 e. The van der Waals surface area contributed by atoms with Crippen LogP contribution >= 0.6 is 0 Å². The number of aromatic nitrogens is 3. The molecule has 1 aliphatic rings. The van der Waals surface area contributed by atoms with Gasteiger partial charge in [0.15, 0.2) is 0 Å². The summed E-state index contributed by atoms with van der Waals surface area (Å²) in [6.45, 7) is 4.36. The van der Waals surface area contributed by atoms with Crippen LogP contribution in [0.2, 0.25) is 0 Å². The molecule has 0 spiro atoms. The largest absolute Gasteiger partial charge is 0.506 e. The molecule has 1 atom stereocenters. The van der Waals surface area contributed by atoms with Crippen LogP contribution in [0.4, 0.5) is 0 Å². The summed E-state index contributed by atoms with van der Waals surface area (Å²) in [5.41, 5.74) is 1.64. The molecular formula is C17H24N4O2. The number of aromatic hydroxyl groups is 1. The fourth-order valence-electron chi connectivity index (χ4n) is 3.23. The van der Waals surface area contributed by atoms with Crippen molar-refractivity contribution in [3.8, 4) is 5.75 Å². The van der Waals surface area contributed by atoms with Crippen LogP contribution in [0.15, 0.2) is 24.5 Å². The first kappa shape index (κ1) is 16.0. The van der Waals surface area contributed by atoms with Gasteiger partial charge in [0.25, 0.3) is 0 Å². The van der Waals surface area contributed by atoms with Crippen LogP contribution in [0.5, 0.6) is 5.75 Å². The van der Waals surface area contributed by atoms with Gasteiger partial charge in [-0.05, 0) is 50.9 Å². The van der Waals surface area contributed by atoms with E-state index in [2.05, 4.69) is 14.9 Å². The van der Waals surface area contributed by atoms with Crippen molar-refractivity contribution in [1.29, 1.82) is 0 Å². The smallest absolute Gasteiger partial charge is 0.138 e. The number of aryl methyl sites for hydroxylation is 2. The SMILES string of the molecule is Cc1ccc(O)c(CN2CCC(C(O)c3nccn3C)CC2)n1. The van der Waals surface area contributed by atoms with E-state index in [1.54, 1.807) is 12.3 Å². The molecule has 0 amide bonds. The van der Waals surface area contributed by atoms with Gasteiger partial charge in [0.05, 0.1) is 5.69 Å². The Morgan fingerprint density at radius 1 is 1.30 bits per heavy atom. The molecular weight excluding hydrogens is 292 g/mol. The molecule has 6 heteroatoms. The highest BCUT2D eigenvalue weighted by Crippen LogP contribution is 2.30. The molecule has 0 bridgehead atoms. The Labute approximate surface area is 136 Å². The summed E-state index contributed by atoms with van der Waals surface area (Å²) in [4.78, 5) is 11.0. The Morgan fingerprint density at radius 2 is 2.04 bits per heavy atom. The summed E-state index contributed by atoms with van der Waals surface area (Å²) >= 11 is 0. The number of rotatable bonds is 4. The van der Waals surface area contributed by atoms with Crippen LogP contribution < -0.4 is 0 Å². The van der Waals surface area contributed by atoms with Crippen molar-refractivity contribution in [2.75, 3.05) is 13.1 Å². The van der Waals surface area contributed by atoms with E-state index in [4.69, 9.17) is 0 Å². The zero-order valence-electron chi connectivity index (χ0n) is 13.7. The summed E-state index contributed by atoms with van der Waals surface area (Å²) < 4.78 is 1.88. The normalized spacial score (nSPS) is 18.2. The molecule has 0 saturated carbocycles. The number of imidazole rings is 1. The second kappa shape index (κ2) is 6.68. The fourth-order valence-corrected chi connectivity index (χ4v) is 3.23. The lowest BCUT2D eigenvalue weighted by Crippen LogP contribution is -2.35. The second-order valence-electron chi connectivity index (χ2n) is 6.37. The van der Waals surface area contributed by atoms with Gasteiger partial charge in [-0.25, -0.2) is 4.98 Å². The molecule has 0 aliphatic carbocycles. The molecule has 124 valence electrons. The zero-order valence-corrected chi connectivity index (χ0v) is 13.7. The summed E-state index contributed by atoms with van der Waals surface area (Å²) in [6, 6.07) is 3.52. The van der Waals surface area contributed by atoms with E-state index in [9.17, 15) is 10.2 Å². The van der Waals surface area contributed by atoms with Crippen LogP contribution in [-0.4, -0.2) is 42.7 Å². The lowest BCUT2D eigenvalue weighted by molar-refractivity contribution is 0.0487. The maximum atomic E-state index is 10.5. The van der Waals surface area contributed by atoms with Gasteiger partial charge >= 0.3 is 0 Å². The van der Waals surface area contributed by atoms with Crippen molar-refractivity contribution >= 4 is 0 Å². The van der Waals surface area contributed by atoms with Gasteiger partial charge in [-0.1, -0.05) is 0 Å². The third-order valence-electron chi connectivity index (χ3n) is 4.66. The van der Waals surface area contributed by atoms with Crippen LogP contribution in [-0.2, 0) is 13.6 Å². The average Bonchev–Trinajstić information content (AvgIpc) is 2.97. The summed E-state index contributed by atoms with van der Waals surface area (Å²) in [5.74, 6) is 1.22. The van der Waals surface area contributed by atoms with Crippen molar-refractivity contribution in [2.45, 2.75) is 32.4 Å². The summed E-state index contributed by atoms with van der Waals surface area (Å²) in [6.07, 6.45) is 4.91. The molecule has 0 radical (unpaired) electrons. The van der Waals surface area contributed by atoms with Crippen molar-refractivity contribution in [3.05, 3.63) is 41.7 Å². The number of piperidine rings is 1. The summed E-state index contributed by atoms with van der Waals surface area (Å²) in [5, 5.41) is 20.4. The maximum Gasteiger partial charge on any atom is 0.138 e. The predicted octanol–water partition coefficient (Wildman–Crippen LogP) is 1.77. The Kier molecular flexibility index (Phi) is 4.63. The first-order valence-corrected chi connectivity index (χ1v) is 8.07. The number of nitrogens with zero attached hydrogens (tertiary/aromatic N) is 4. The first-order chi connectivity index (χ1) is 11.0. The highest BCUT2D eigenvalue weighted by Gasteiger charge is 2.28. The molecule has 2 aromatic rings. The summed E-state index contributed by atoms with van der Waals surface area (Å²) in [7, 11) is 1.91. The Morgan fingerprint density at radius 3 is 2.70 bits per heavy atom. The minimum atomic E-state index is -0.511. The molecule has 1 saturated heterocycles. The highest BCUT2D eigenvalue weighted by atomic mass is 16.3. The van der Waals surface area contributed by atoms with Gasteiger partial charge in [-0.3, -0.25) is 9.88 Å². The van der Waals surface area contributed by atoms with Crippen molar-refractivity contribution < 1.29 is 10.2 Å². The standard InChI is InChI=1S/C17H24N4O2/c1-12-3-4-15(22)14(19-12)11-21-8-5-13(6-9-21)16(23)17-18-7-10-20(17)2/h3-4,7,10,13,16,22-23H,5-6,8-9,11H2,1-2H3. The van der Waals surface area contributed by atoms with E-state index >= 15 is 0 Å². The monoisotopic (exact) mass is 316 g/mol. The number of pyridine rings is 1. The molecule has 3 heterocycles. The molecule has 0 aromatic carbocycles. The Bertz CT molecular complexity index is 662. The van der Waals surface area contributed by atoms with Gasteiger partial charge in [-0.2, -0.15) is 0 Å². The number of hydrogen-bond donors (Lipinski definition) is 2. The lowest BCUT2D eigenvalue weighted by atomic mass is 9.90. The molecule has 6 nitrogen and oxygen atoms in total. The van der Waals surface area contributed by atoms with E-state index < -0.39 is 6.10 Å². The molecule has 2 aromatic heterocycles. The van der Waals surface area contributed by atoms with Crippen LogP contribution in [0, 0.1) is 12.8 Å². The van der Waals surface area contributed by atoms with Crippen molar-refractivity contribution in [3.63, 3.8) is 0 Å². The lowest BCUT2D eigenvalue weighted by Gasteiger charge is -2.33. The van der Waals surface area contributed by atoms with Gasteiger partial charge in [-0.15, -0.1) is 0 Å². The quantitative estimate of drug-likeness (QED) is 0.899. The molecule has 1 aliphatic heterocycles. The molecule has 2 N–H and O–H groups in total. The van der Waals surface area contributed by atoms with E-state index in [1.807, 2.05) is 30.8 Å². The second-order valence-corrected chi connectivity index (χ2v) is 6.37. The molecule has 3 rings (SSSR count). The van der Waals surface area contributed by atoms with Gasteiger partial charge in [0, 0.05) is 31.7 Å². The zero-order chi connectivity index (χ0) is 16.4. The van der Waals surface area contributed by atoms with E-state index in [-0.39, 0.29) is 11.7 Å². The number of aliphatic hydroxyl groups is 1. The third kappa shape index (κ3) is 3.54. The topological polar surface area (TPSA) is 74.4 Å². The van der Waals surface area contributed by atoms with Gasteiger partial charge in [0.1, 0.15) is 17.7 Å². The molecule has 1 fully saturated rings. The van der Waals surface area contributed by atoms with Crippen molar-refractivity contribution in [2.24, 2.45) is 13.0 Å². The van der Waals surface area contributed by atoms with Crippen LogP contribution in [0.1, 0.15) is 36.2 Å².